The molecule has 0 heterocycles. The Morgan fingerprint density at radius 3 is 2.00 bits per heavy atom. The minimum Gasteiger partial charge on any atom is -0.298 e. The first-order valence-electron chi connectivity index (χ1n) is 3.14. The Balaban J connectivity index is 3.43. The van der Waals surface area contributed by atoms with Crippen LogP contribution in [-0.2, 0) is 0 Å². The summed E-state index contributed by atoms with van der Waals surface area (Å²) < 4.78 is 0.777. The lowest BCUT2D eigenvalue weighted by Gasteiger charge is -2.15. The van der Waals surface area contributed by atoms with E-state index in [0.29, 0.717) is 0 Å². The molecule has 0 radical (unpaired) electrons. The van der Waals surface area contributed by atoms with Crippen LogP contribution in [0.25, 0.3) is 0 Å². The van der Waals surface area contributed by atoms with Gasteiger partial charge in [0.25, 0.3) is 0 Å². The maximum atomic E-state index is 4.83. The highest BCUT2D eigenvalue weighted by atomic mass is 32.1. The van der Waals surface area contributed by atoms with Crippen LogP contribution in [-0.4, -0.2) is 28.7 Å². The third kappa shape index (κ3) is 4.88. The Bertz CT molecular complexity index is 89.1. The first-order valence-corrected chi connectivity index (χ1v) is 4.00. The fraction of sp³-hybridized carbons (Fsp3) is 0.833. The number of rotatable bonds is 4. The van der Waals surface area contributed by atoms with Crippen LogP contribution in [0.2, 0.25) is 0 Å². The van der Waals surface area contributed by atoms with Crippen molar-refractivity contribution in [2.75, 3.05) is 19.6 Å². The summed E-state index contributed by atoms with van der Waals surface area (Å²) in [7, 11) is 0. The quantitative estimate of drug-likeness (QED) is 0.495. The van der Waals surface area contributed by atoms with Gasteiger partial charge in [-0.1, -0.05) is 26.1 Å². The third-order valence-corrected chi connectivity index (χ3v) is 1.52. The van der Waals surface area contributed by atoms with E-state index in [4.69, 9.17) is 12.2 Å². The molecule has 0 bridgehead atoms. The van der Waals surface area contributed by atoms with Gasteiger partial charge < -0.3 is 0 Å². The lowest BCUT2D eigenvalue weighted by atomic mass is 10.5. The highest BCUT2D eigenvalue weighted by Crippen LogP contribution is 1.91. The maximum Gasteiger partial charge on any atom is 0.0588 e. The Morgan fingerprint density at radius 1 is 1.44 bits per heavy atom. The molecule has 0 fully saturated rings. The molecule has 3 heteroatoms. The van der Waals surface area contributed by atoms with Crippen molar-refractivity contribution in [3.8, 4) is 0 Å². The normalized spacial score (nSPS) is 10.2. The molecule has 0 aliphatic rings. The van der Waals surface area contributed by atoms with Crippen LogP contribution in [0.3, 0.4) is 0 Å². The van der Waals surface area contributed by atoms with Crippen LogP contribution in [0.5, 0.6) is 0 Å². The summed E-state index contributed by atoms with van der Waals surface area (Å²) in [6.07, 6.45) is 0. The van der Waals surface area contributed by atoms with Gasteiger partial charge in [0, 0.05) is 6.54 Å². The van der Waals surface area contributed by atoms with Gasteiger partial charge in [-0.25, -0.2) is 0 Å². The molecule has 0 saturated heterocycles. The molecule has 9 heavy (non-hydrogen) atoms. The van der Waals surface area contributed by atoms with Gasteiger partial charge in [-0.15, -0.1) is 12.6 Å². The van der Waals surface area contributed by atoms with E-state index >= 15 is 0 Å². The average Bonchev–Trinajstić information content (AvgIpc) is 1.82. The van der Waals surface area contributed by atoms with Gasteiger partial charge >= 0.3 is 0 Å². The van der Waals surface area contributed by atoms with Crippen molar-refractivity contribution in [3.05, 3.63) is 0 Å². The lowest BCUT2D eigenvalue weighted by Crippen LogP contribution is -2.26. The summed E-state index contributed by atoms with van der Waals surface area (Å²) >= 11 is 8.86. The highest BCUT2D eigenvalue weighted by Gasteiger charge is 1.97. The number of thiol groups is 1. The van der Waals surface area contributed by atoms with Crippen molar-refractivity contribution < 1.29 is 0 Å². The molecule has 54 valence electrons. The molecule has 1 nitrogen and oxygen atoms in total. The fourth-order valence-corrected chi connectivity index (χ4v) is 1.02. The first-order chi connectivity index (χ1) is 4.20. The first kappa shape index (κ1) is 9.40. The van der Waals surface area contributed by atoms with E-state index in [0.717, 1.165) is 23.8 Å². The fourth-order valence-electron chi connectivity index (χ4n) is 0.639. The summed E-state index contributed by atoms with van der Waals surface area (Å²) in [5, 5.41) is 0. The van der Waals surface area contributed by atoms with Crippen LogP contribution in [0, 0.1) is 0 Å². The van der Waals surface area contributed by atoms with Gasteiger partial charge in [-0.05, 0) is 13.1 Å². The number of hydrogen-bond acceptors (Lipinski definition) is 2. The Kier molecular flexibility index (Phi) is 5.44. The minimum absolute atomic E-state index is 0.777. The van der Waals surface area contributed by atoms with Gasteiger partial charge in [-0.3, -0.25) is 4.90 Å². The van der Waals surface area contributed by atoms with E-state index < -0.39 is 0 Å². The molecule has 0 unspecified atom stereocenters. The zero-order valence-electron chi connectivity index (χ0n) is 5.92. The molecule has 0 aromatic rings. The molecule has 0 N–H and O–H groups in total. The van der Waals surface area contributed by atoms with Crippen LogP contribution in [0.4, 0.5) is 0 Å². The van der Waals surface area contributed by atoms with Gasteiger partial charge in [0.05, 0.1) is 4.20 Å². The van der Waals surface area contributed by atoms with Crippen molar-refractivity contribution in [3.63, 3.8) is 0 Å². The number of hydrogen-bond donors (Lipinski definition) is 1. The Hall–Kier alpha value is 0.400. The third-order valence-electron chi connectivity index (χ3n) is 1.25. The summed E-state index contributed by atoms with van der Waals surface area (Å²) in [6, 6.07) is 0. The molecule has 0 rings (SSSR count). The topological polar surface area (TPSA) is 3.24 Å². The summed E-state index contributed by atoms with van der Waals surface area (Å²) in [4.78, 5) is 2.23. The molecule has 0 amide bonds. The van der Waals surface area contributed by atoms with Crippen molar-refractivity contribution in [1.82, 2.24) is 4.90 Å². The number of nitrogens with zero attached hydrogens (tertiary/aromatic N) is 1. The van der Waals surface area contributed by atoms with Crippen LogP contribution in [0.15, 0.2) is 0 Å². The molecule has 0 atom stereocenters. The van der Waals surface area contributed by atoms with Crippen LogP contribution >= 0.6 is 24.8 Å². The zero-order chi connectivity index (χ0) is 7.28. The van der Waals surface area contributed by atoms with E-state index in [-0.39, 0.29) is 0 Å². The van der Waals surface area contributed by atoms with Crippen molar-refractivity contribution >= 4 is 29.0 Å². The molecule has 0 spiro atoms. The van der Waals surface area contributed by atoms with Gasteiger partial charge in [-0.2, -0.15) is 0 Å². The molecular formula is C6H13NS2. The van der Waals surface area contributed by atoms with Gasteiger partial charge in [0.1, 0.15) is 0 Å². The van der Waals surface area contributed by atoms with Crippen molar-refractivity contribution in [1.29, 1.82) is 0 Å². The van der Waals surface area contributed by atoms with Crippen LogP contribution in [0.1, 0.15) is 13.8 Å². The second-order valence-corrected chi connectivity index (χ2v) is 3.19. The van der Waals surface area contributed by atoms with E-state index in [2.05, 4.69) is 31.4 Å². The van der Waals surface area contributed by atoms with Crippen LogP contribution < -0.4 is 0 Å². The SMILES string of the molecule is CCN(CC)CC(=S)S. The second kappa shape index (κ2) is 5.21. The maximum absolute atomic E-state index is 4.83. The molecule has 0 aromatic heterocycles. The Morgan fingerprint density at radius 2 is 1.89 bits per heavy atom. The van der Waals surface area contributed by atoms with Gasteiger partial charge in [0.2, 0.25) is 0 Å². The standard InChI is InChI=1S/C6H13NS2/c1-3-7(4-2)5-6(8)9/h3-5H2,1-2H3,(H,8,9). The largest absolute Gasteiger partial charge is 0.298 e. The number of thiocarbonyl (C=S) groups is 1. The molecule has 0 aliphatic carbocycles. The predicted molar refractivity (Wildman–Crippen MR) is 49.4 cm³/mol. The zero-order valence-corrected chi connectivity index (χ0v) is 7.63. The summed E-state index contributed by atoms with van der Waals surface area (Å²) in [6.45, 7) is 7.19. The summed E-state index contributed by atoms with van der Waals surface area (Å²) in [5.41, 5.74) is 0. The predicted octanol–water partition coefficient (Wildman–Crippen LogP) is 1.59. The molecule has 0 aromatic carbocycles. The van der Waals surface area contributed by atoms with Gasteiger partial charge in [0.15, 0.2) is 0 Å². The molecular weight excluding hydrogens is 150 g/mol. The van der Waals surface area contributed by atoms with E-state index in [1.807, 2.05) is 0 Å². The Labute approximate surface area is 67.8 Å². The van der Waals surface area contributed by atoms with E-state index in [9.17, 15) is 0 Å². The monoisotopic (exact) mass is 163 g/mol. The smallest absolute Gasteiger partial charge is 0.0588 e. The van der Waals surface area contributed by atoms with E-state index in [1.165, 1.54) is 0 Å². The summed E-state index contributed by atoms with van der Waals surface area (Å²) in [5.74, 6) is 0. The molecule has 0 aliphatic heterocycles. The van der Waals surface area contributed by atoms with E-state index in [1.54, 1.807) is 0 Å². The lowest BCUT2D eigenvalue weighted by molar-refractivity contribution is 0.350. The van der Waals surface area contributed by atoms with Crippen molar-refractivity contribution in [2.45, 2.75) is 13.8 Å². The molecule has 0 saturated carbocycles. The van der Waals surface area contributed by atoms with Crippen molar-refractivity contribution in [2.24, 2.45) is 0 Å². The second-order valence-electron chi connectivity index (χ2n) is 1.86. The highest BCUT2D eigenvalue weighted by molar-refractivity contribution is 8.11. The average molecular weight is 163 g/mol. The minimum atomic E-state index is 0.777.